The quantitative estimate of drug-likeness (QED) is 0.771. The van der Waals surface area contributed by atoms with Crippen LogP contribution < -0.4 is 10.1 Å². The minimum Gasteiger partial charge on any atom is -0.496 e. The molecule has 0 aliphatic rings. The number of aliphatic hydroxyl groups excluding tert-OH is 1. The van der Waals surface area contributed by atoms with Gasteiger partial charge in [0.25, 0.3) is 0 Å². The minimum absolute atomic E-state index is 0.132. The maximum Gasteiger partial charge on any atom is 0.121 e. The Labute approximate surface area is 91.1 Å². The van der Waals surface area contributed by atoms with Crippen molar-refractivity contribution in [2.24, 2.45) is 0 Å². The molecular formula is C12H19NO2. The van der Waals surface area contributed by atoms with E-state index in [-0.39, 0.29) is 12.6 Å². The second-order valence-electron chi connectivity index (χ2n) is 3.77. The van der Waals surface area contributed by atoms with Gasteiger partial charge in [0, 0.05) is 12.6 Å². The van der Waals surface area contributed by atoms with E-state index in [1.807, 2.05) is 26.0 Å². The van der Waals surface area contributed by atoms with Crippen molar-refractivity contribution in [1.82, 2.24) is 5.32 Å². The molecule has 0 aromatic heterocycles. The van der Waals surface area contributed by atoms with E-state index in [0.717, 1.165) is 17.9 Å². The Morgan fingerprint density at radius 2 is 2.20 bits per heavy atom. The fraction of sp³-hybridized carbons (Fsp3) is 0.500. The molecule has 15 heavy (non-hydrogen) atoms. The topological polar surface area (TPSA) is 41.5 Å². The van der Waals surface area contributed by atoms with Gasteiger partial charge >= 0.3 is 0 Å². The Morgan fingerprint density at radius 1 is 1.47 bits per heavy atom. The van der Waals surface area contributed by atoms with Crippen LogP contribution in [0.25, 0.3) is 0 Å². The number of rotatable bonds is 5. The van der Waals surface area contributed by atoms with Crippen LogP contribution in [0.5, 0.6) is 5.75 Å². The second-order valence-corrected chi connectivity index (χ2v) is 3.77. The van der Waals surface area contributed by atoms with Gasteiger partial charge < -0.3 is 15.2 Å². The monoisotopic (exact) mass is 209 g/mol. The summed E-state index contributed by atoms with van der Waals surface area (Å²) < 4.78 is 5.19. The maximum atomic E-state index is 8.87. The summed E-state index contributed by atoms with van der Waals surface area (Å²) in [6, 6.07) is 6.22. The average molecular weight is 209 g/mol. The van der Waals surface area contributed by atoms with Crippen molar-refractivity contribution in [1.29, 1.82) is 0 Å². The molecule has 0 aliphatic carbocycles. The Kier molecular flexibility index (Phi) is 4.59. The van der Waals surface area contributed by atoms with Crippen LogP contribution in [-0.2, 0) is 6.54 Å². The predicted molar refractivity (Wildman–Crippen MR) is 61.1 cm³/mol. The largest absolute Gasteiger partial charge is 0.496 e. The summed E-state index contributed by atoms with van der Waals surface area (Å²) in [7, 11) is 1.67. The summed E-state index contributed by atoms with van der Waals surface area (Å²) in [5.41, 5.74) is 2.34. The van der Waals surface area contributed by atoms with E-state index in [1.165, 1.54) is 5.56 Å². The number of aliphatic hydroxyl groups is 1. The van der Waals surface area contributed by atoms with Crippen LogP contribution in [0, 0.1) is 6.92 Å². The van der Waals surface area contributed by atoms with Gasteiger partial charge in [-0.15, -0.1) is 0 Å². The van der Waals surface area contributed by atoms with Gasteiger partial charge in [-0.25, -0.2) is 0 Å². The van der Waals surface area contributed by atoms with Gasteiger partial charge in [0.05, 0.1) is 13.7 Å². The van der Waals surface area contributed by atoms with Gasteiger partial charge in [0.2, 0.25) is 0 Å². The van der Waals surface area contributed by atoms with E-state index < -0.39 is 0 Å². The molecule has 1 aromatic rings. The lowest BCUT2D eigenvalue weighted by atomic mass is 10.1. The van der Waals surface area contributed by atoms with Crippen LogP contribution in [-0.4, -0.2) is 24.9 Å². The van der Waals surface area contributed by atoms with E-state index in [9.17, 15) is 0 Å². The van der Waals surface area contributed by atoms with E-state index in [4.69, 9.17) is 9.84 Å². The van der Waals surface area contributed by atoms with Gasteiger partial charge in [-0.1, -0.05) is 12.1 Å². The molecule has 0 saturated carbocycles. The summed E-state index contributed by atoms with van der Waals surface area (Å²) >= 11 is 0. The van der Waals surface area contributed by atoms with Crippen molar-refractivity contribution in [3.63, 3.8) is 0 Å². The van der Waals surface area contributed by atoms with Crippen LogP contribution in [0.1, 0.15) is 18.1 Å². The first kappa shape index (κ1) is 12.0. The standard InChI is InChI=1S/C12H19NO2/c1-9-6-11(4-5-12(9)15-3)7-13-10(2)8-14/h4-6,10,13-14H,7-8H2,1-3H3. The molecular weight excluding hydrogens is 190 g/mol. The number of hydrogen-bond donors (Lipinski definition) is 2. The van der Waals surface area contributed by atoms with Gasteiger partial charge in [0.15, 0.2) is 0 Å². The Balaban J connectivity index is 2.59. The van der Waals surface area contributed by atoms with E-state index in [2.05, 4.69) is 11.4 Å². The molecule has 0 aliphatic heterocycles. The normalized spacial score (nSPS) is 12.5. The van der Waals surface area contributed by atoms with Crippen molar-refractivity contribution in [2.45, 2.75) is 26.4 Å². The highest BCUT2D eigenvalue weighted by Gasteiger charge is 2.02. The molecule has 1 unspecified atom stereocenters. The third-order valence-electron chi connectivity index (χ3n) is 2.39. The molecule has 0 fully saturated rings. The van der Waals surface area contributed by atoms with E-state index in [0.29, 0.717) is 0 Å². The smallest absolute Gasteiger partial charge is 0.121 e. The van der Waals surface area contributed by atoms with Crippen molar-refractivity contribution in [3.05, 3.63) is 29.3 Å². The zero-order valence-corrected chi connectivity index (χ0v) is 9.58. The summed E-state index contributed by atoms with van der Waals surface area (Å²) in [4.78, 5) is 0. The van der Waals surface area contributed by atoms with Crippen molar-refractivity contribution >= 4 is 0 Å². The molecule has 0 amide bonds. The number of nitrogens with one attached hydrogen (secondary N) is 1. The first-order chi connectivity index (χ1) is 7.17. The van der Waals surface area contributed by atoms with Gasteiger partial charge in [-0.05, 0) is 31.0 Å². The molecule has 2 N–H and O–H groups in total. The van der Waals surface area contributed by atoms with Crippen molar-refractivity contribution in [2.75, 3.05) is 13.7 Å². The molecule has 0 saturated heterocycles. The van der Waals surface area contributed by atoms with Crippen LogP contribution in [0.3, 0.4) is 0 Å². The number of ether oxygens (including phenoxy) is 1. The third kappa shape index (κ3) is 3.53. The Bertz CT molecular complexity index is 312. The fourth-order valence-corrected chi connectivity index (χ4v) is 1.41. The molecule has 3 heteroatoms. The number of benzene rings is 1. The first-order valence-corrected chi connectivity index (χ1v) is 5.15. The first-order valence-electron chi connectivity index (χ1n) is 5.15. The molecule has 1 rings (SSSR count). The lowest BCUT2D eigenvalue weighted by molar-refractivity contribution is 0.251. The molecule has 3 nitrogen and oxygen atoms in total. The van der Waals surface area contributed by atoms with Crippen LogP contribution in [0.2, 0.25) is 0 Å². The number of hydrogen-bond acceptors (Lipinski definition) is 3. The SMILES string of the molecule is COc1ccc(CNC(C)CO)cc1C. The zero-order valence-electron chi connectivity index (χ0n) is 9.58. The lowest BCUT2D eigenvalue weighted by Gasteiger charge is -2.12. The van der Waals surface area contributed by atoms with E-state index in [1.54, 1.807) is 7.11 Å². The second kappa shape index (κ2) is 5.73. The molecule has 0 radical (unpaired) electrons. The van der Waals surface area contributed by atoms with Crippen LogP contribution >= 0.6 is 0 Å². The summed E-state index contributed by atoms with van der Waals surface area (Å²) in [5, 5.41) is 12.1. The van der Waals surface area contributed by atoms with Gasteiger partial charge in [-0.3, -0.25) is 0 Å². The summed E-state index contributed by atoms with van der Waals surface area (Å²) in [6.45, 7) is 4.91. The molecule has 1 atom stereocenters. The van der Waals surface area contributed by atoms with Crippen molar-refractivity contribution in [3.8, 4) is 5.75 Å². The fourth-order valence-electron chi connectivity index (χ4n) is 1.41. The van der Waals surface area contributed by atoms with Gasteiger partial charge in [0.1, 0.15) is 5.75 Å². The highest BCUT2D eigenvalue weighted by atomic mass is 16.5. The predicted octanol–water partition coefficient (Wildman–Crippen LogP) is 1.47. The average Bonchev–Trinajstić information content (AvgIpc) is 2.26. The Morgan fingerprint density at radius 3 is 2.73 bits per heavy atom. The van der Waals surface area contributed by atoms with Crippen molar-refractivity contribution < 1.29 is 9.84 Å². The molecule has 0 bridgehead atoms. The number of aryl methyl sites for hydroxylation is 1. The van der Waals surface area contributed by atoms with E-state index >= 15 is 0 Å². The molecule has 0 spiro atoms. The third-order valence-corrected chi connectivity index (χ3v) is 2.39. The highest BCUT2D eigenvalue weighted by Crippen LogP contribution is 2.18. The molecule has 1 aromatic carbocycles. The zero-order chi connectivity index (χ0) is 11.3. The van der Waals surface area contributed by atoms with Crippen LogP contribution in [0.4, 0.5) is 0 Å². The summed E-state index contributed by atoms with van der Waals surface area (Å²) in [6.07, 6.45) is 0. The summed E-state index contributed by atoms with van der Waals surface area (Å²) in [5.74, 6) is 0.911. The molecule has 0 heterocycles. The van der Waals surface area contributed by atoms with Crippen LogP contribution in [0.15, 0.2) is 18.2 Å². The lowest BCUT2D eigenvalue weighted by Crippen LogP contribution is -2.28. The maximum absolute atomic E-state index is 8.87. The number of methoxy groups -OCH3 is 1. The van der Waals surface area contributed by atoms with Gasteiger partial charge in [-0.2, -0.15) is 0 Å². The molecule has 84 valence electrons. The Hall–Kier alpha value is -1.06. The highest BCUT2D eigenvalue weighted by molar-refractivity contribution is 5.36. The minimum atomic E-state index is 0.132.